The van der Waals surface area contributed by atoms with Crippen molar-refractivity contribution in [3.63, 3.8) is 0 Å². The number of nitrogens with zero attached hydrogens (tertiary/aromatic N) is 5. The number of hydrogen-bond acceptors (Lipinski definition) is 6. The van der Waals surface area contributed by atoms with E-state index < -0.39 is 11.9 Å². The fourth-order valence-corrected chi connectivity index (χ4v) is 3.71. The highest BCUT2D eigenvalue weighted by Crippen LogP contribution is 2.31. The third kappa shape index (κ3) is 6.18. The van der Waals surface area contributed by atoms with Crippen molar-refractivity contribution in [3.8, 4) is 11.8 Å². The molecule has 0 saturated carbocycles. The van der Waals surface area contributed by atoms with Crippen molar-refractivity contribution in [2.75, 3.05) is 33.2 Å². The Labute approximate surface area is 196 Å². The Bertz CT molecular complexity index is 1140. The summed E-state index contributed by atoms with van der Waals surface area (Å²) >= 11 is 0. The Morgan fingerprint density at radius 2 is 1.74 bits per heavy atom. The van der Waals surface area contributed by atoms with Crippen LogP contribution in [0.3, 0.4) is 0 Å². The molecule has 0 bridgehead atoms. The second-order valence-corrected chi connectivity index (χ2v) is 8.32. The van der Waals surface area contributed by atoms with Crippen molar-refractivity contribution < 1.29 is 17.9 Å². The number of rotatable bonds is 6. The number of piperazine rings is 1. The zero-order valence-electron chi connectivity index (χ0n) is 19.1. The lowest BCUT2D eigenvalue weighted by Crippen LogP contribution is -2.43. The molecular formula is C25H26F3N5O. The first-order valence-corrected chi connectivity index (χ1v) is 11.0. The summed E-state index contributed by atoms with van der Waals surface area (Å²) in [6.07, 6.45) is -1.58. The van der Waals surface area contributed by atoms with Gasteiger partial charge in [-0.1, -0.05) is 24.3 Å². The number of halogens is 3. The topological polar surface area (TPSA) is 53.9 Å². The van der Waals surface area contributed by atoms with Gasteiger partial charge in [0.15, 0.2) is 5.71 Å². The summed E-state index contributed by atoms with van der Waals surface area (Å²) in [7, 11) is 2.07. The van der Waals surface area contributed by atoms with E-state index in [1.165, 1.54) is 30.6 Å². The van der Waals surface area contributed by atoms with Crippen molar-refractivity contribution >= 4 is 11.4 Å². The maximum Gasteiger partial charge on any atom is 0.433 e. The molecule has 4 rings (SSSR count). The van der Waals surface area contributed by atoms with Gasteiger partial charge in [0.2, 0.25) is 0 Å². The zero-order chi connectivity index (χ0) is 24.1. The van der Waals surface area contributed by atoms with Crippen LogP contribution < -0.4 is 4.74 Å². The smallest absolute Gasteiger partial charge is 0.424 e. The molecule has 1 aromatic heterocycles. The van der Waals surface area contributed by atoms with Gasteiger partial charge in [0.1, 0.15) is 5.75 Å². The fraction of sp³-hybridized carbons (Fsp3) is 0.320. The number of alkyl halides is 3. The normalized spacial score (nSPS) is 16.0. The summed E-state index contributed by atoms with van der Waals surface area (Å²) in [5.74, 6) is 0.345. The number of likely N-dealkylation sites (N-methyl/N-ethyl adjacent to an activating group) is 1. The Kier molecular flexibility index (Phi) is 7.23. The van der Waals surface area contributed by atoms with E-state index in [2.05, 4.69) is 31.8 Å². The van der Waals surface area contributed by atoms with E-state index in [4.69, 9.17) is 4.74 Å². The zero-order valence-corrected chi connectivity index (χ0v) is 19.1. The number of benzene rings is 2. The fourth-order valence-electron chi connectivity index (χ4n) is 3.71. The Morgan fingerprint density at radius 3 is 2.44 bits per heavy atom. The molecule has 9 heteroatoms. The van der Waals surface area contributed by atoms with Gasteiger partial charge in [-0.2, -0.15) is 13.2 Å². The van der Waals surface area contributed by atoms with Crippen LogP contribution in [0.1, 0.15) is 16.7 Å². The Hall–Kier alpha value is -3.30. The highest BCUT2D eigenvalue weighted by atomic mass is 19.4. The van der Waals surface area contributed by atoms with Crippen molar-refractivity contribution in [2.24, 2.45) is 4.99 Å². The average Bonchev–Trinajstić information content (AvgIpc) is 2.81. The van der Waals surface area contributed by atoms with Crippen LogP contribution in [-0.2, 0) is 6.54 Å². The molecule has 1 fully saturated rings. The van der Waals surface area contributed by atoms with Crippen molar-refractivity contribution in [3.05, 3.63) is 77.6 Å². The van der Waals surface area contributed by atoms with Gasteiger partial charge in [0.25, 0.3) is 0 Å². The second kappa shape index (κ2) is 10.3. The van der Waals surface area contributed by atoms with Crippen LogP contribution in [0.4, 0.5) is 18.9 Å². The van der Waals surface area contributed by atoms with Crippen LogP contribution in [0.25, 0.3) is 0 Å². The van der Waals surface area contributed by atoms with E-state index in [1.54, 1.807) is 31.2 Å². The quantitative estimate of drug-likeness (QED) is 0.475. The first kappa shape index (κ1) is 23.8. The lowest BCUT2D eigenvalue weighted by molar-refractivity contribution is -0.0579. The molecule has 34 heavy (non-hydrogen) atoms. The molecule has 6 nitrogen and oxygen atoms in total. The van der Waals surface area contributed by atoms with Crippen LogP contribution in [0, 0.1) is 6.92 Å². The molecule has 1 aliphatic rings. The predicted octanol–water partition coefficient (Wildman–Crippen LogP) is 5.01. The number of aromatic nitrogens is 2. The van der Waals surface area contributed by atoms with Crippen LogP contribution in [0.5, 0.6) is 11.8 Å². The minimum absolute atomic E-state index is 0.0357. The summed E-state index contributed by atoms with van der Waals surface area (Å²) < 4.78 is 47.8. The summed E-state index contributed by atoms with van der Waals surface area (Å²) in [5, 5.41) is 0. The van der Waals surface area contributed by atoms with Gasteiger partial charge in [0, 0.05) is 56.7 Å². The van der Waals surface area contributed by atoms with Gasteiger partial charge >= 0.3 is 12.2 Å². The lowest BCUT2D eigenvalue weighted by atomic mass is 10.0. The summed E-state index contributed by atoms with van der Waals surface area (Å²) in [6, 6.07) is 12.9. The maximum absolute atomic E-state index is 14.1. The highest BCUT2D eigenvalue weighted by molar-refractivity contribution is 6.06. The third-order valence-corrected chi connectivity index (χ3v) is 5.63. The van der Waals surface area contributed by atoms with Crippen LogP contribution in [0.2, 0.25) is 0 Å². The molecule has 0 radical (unpaired) electrons. The van der Waals surface area contributed by atoms with Crippen LogP contribution >= 0.6 is 0 Å². The van der Waals surface area contributed by atoms with E-state index in [1.807, 2.05) is 6.07 Å². The van der Waals surface area contributed by atoms with Gasteiger partial charge in [-0.05, 0) is 43.3 Å². The molecule has 2 heterocycles. The van der Waals surface area contributed by atoms with Crippen molar-refractivity contribution in [2.45, 2.75) is 19.6 Å². The monoisotopic (exact) mass is 469 g/mol. The van der Waals surface area contributed by atoms with Crippen LogP contribution in [-0.4, -0.2) is 64.9 Å². The second-order valence-electron chi connectivity index (χ2n) is 8.32. The molecule has 1 aliphatic heterocycles. The summed E-state index contributed by atoms with van der Waals surface area (Å²) in [4.78, 5) is 16.5. The Balaban J connectivity index is 1.61. The van der Waals surface area contributed by atoms with E-state index in [0.717, 1.165) is 37.3 Å². The average molecular weight is 470 g/mol. The van der Waals surface area contributed by atoms with Crippen LogP contribution in [0.15, 0.2) is 65.9 Å². The molecule has 0 amide bonds. The minimum Gasteiger partial charge on any atom is -0.424 e. The largest absolute Gasteiger partial charge is 0.433 e. The summed E-state index contributed by atoms with van der Waals surface area (Å²) in [6.45, 7) is 6.06. The number of aryl methyl sites for hydroxylation is 1. The standard InChI is InChI=1S/C25H26F3N5O/c1-18-7-8-21(16-22(18)34-24-29-9-4-10-30-24)31-23(25(26,27)28)20-6-3-5-19(15-20)17-33-13-11-32(2)12-14-33/h3-10,15-16H,11-14,17H2,1-2H3. The maximum atomic E-state index is 14.1. The molecule has 0 N–H and O–H groups in total. The first-order valence-electron chi connectivity index (χ1n) is 11.0. The molecule has 1 saturated heterocycles. The van der Waals surface area contributed by atoms with Crippen molar-refractivity contribution in [1.29, 1.82) is 0 Å². The summed E-state index contributed by atoms with van der Waals surface area (Å²) in [5.41, 5.74) is 0.780. The molecule has 0 atom stereocenters. The van der Waals surface area contributed by atoms with E-state index in [9.17, 15) is 13.2 Å². The van der Waals surface area contributed by atoms with Gasteiger partial charge in [0.05, 0.1) is 5.69 Å². The third-order valence-electron chi connectivity index (χ3n) is 5.63. The molecule has 2 aromatic carbocycles. The van der Waals surface area contributed by atoms with Gasteiger partial charge in [-0.15, -0.1) is 0 Å². The lowest BCUT2D eigenvalue weighted by Gasteiger charge is -2.32. The molecule has 0 aliphatic carbocycles. The van der Waals surface area contributed by atoms with Gasteiger partial charge < -0.3 is 9.64 Å². The number of ether oxygens (including phenoxy) is 1. The molecule has 178 valence electrons. The van der Waals surface area contributed by atoms with Crippen molar-refractivity contribution in [1.82, 2.24) is 19.8 Å². The molecule has 3 aromatic rings. The number of aliphatic imine (C=N–C) groups is 1. The Morgan fingerprint density at radius 1 is 1.00 bits per heavy atom. The van der Waals surface area contributed by atoms with Gasteiger partial charge in [-0.25, -0.2) is 15.0 Å². The predicted molar refractivity (Wildman–Crippen MR) is 125 cm³/mol. The van der Waals surface area contributed by atoms with E-state index >= 15 is 0 Å². The SMILES string of the molecule is Cc1ccc(N=C(c2cccc(CN3CCN(C)CC3)c2)C(F)(F)F)cc1Oc1ncccn1. The highest BCUT2D eigenvalue weighted by Gasteiger charge is 2.37. The van der Waals surface area contributed by atoms with E-state index in [0.29, 0.717) is 12.3 Å². The number of hydrogen-bond donors (Lipinski definition) is 0. The molecule has 0 unspecified atom stereocenters. The minimum atomic E-state index is -4.62. The molecular weight excluding hydrogens is 443 g/mol. The van der Waals surface area contributed by atoms with E-state index in [-0.39, 0.29) is 17.3 Å². The molecule has 0 spiro atoms. The first-order chi connectivity index (χ1) is 16.3. The van der Waals surface area contributed by atoms with Gasteiger partial charge in [-0.3, -0.25) is 4.90 Å².